The van der Waals surface area contributed by atoms with Crippen LogP contribution in [0.4, 0.5) is 0 Å². The van der Waals surface area contributed by atoms with E-state index in [0.29, 0.717) is 0 Å². The summed E-state index contributed by atoms with van der Waals surface area (Å²) in [4.78, 5) is 1.08. The fraction of sp³-hybridized carbons (Fsp3) is 0.0667. The Labute approximate surface area is 129 Å². The smallest absolute Gasteiger partial charge is 0.0931 e. The third-order valence-electron chi connectivity index (χ3n) is 3.09. The Morgan fingerprint density at radius 1 is 1.00 bits per heavy atom. The number of hydrogen-bond donors (Lipinski definition) is 1. The highest BCUT2D eigenvalue weighted by Crippen LogP contribution is 2.31. The molecule has 0 aliphatic carbocycles. The minimum Gasteiger partial charge on any atom is -0.320 e. The monoisotopic (exact) mass is 351 g/mol. The summed E-state index contributed by atoms with van der Waals surface area (Å²) in [6.45, 7) is 0. The highest BCUT2D eigenvalue weighted by Gasteiger charge is 2.11. The third kappa shape index (κ3) is 2.70. The molecule has 0 fully saturated rings. The molecule has 0 aliphatic rings. The van der Waals surface area contributed by atoms with Gasteiger partial charge in [-0.15, -0.1) is 11.3 Å². The van der Waals surface area contributed by atoms with Gasteiger partial charge < -0.3 is 5.73 Å². The van der Waals surface area contributed by atoms with E-state index in [0.717, 1.165) is 19.2 Å². The van der Waals surface area contributed by atoms with E-state index in [4.69, 9.17) is 17.3 Å². The van der Waals surface area contributed by atoms with E-state index in [2.05, 4.69) is 46.3 Å². The summed E-state index contributed by atoms with van der Waals surface area (Å²) in [6.07, 6.45) is 0. The molecular formula is C15H11BrClNS. The Morgan fingerprint density at radius 2 is 1.74 bits per heavy atom. The molecule has 0 amide bonds. The summed E-state index contributed by atoms with van der Waals surface area (Å²) in [6, 6.07) is 16.3. The summed E-state index contributed by atoms with van der Waals surface area (Å²) in [5, 5.41) is 2.40. The molecule has 4 heteroatoms. The first kappa shape index (κ1) is 13.1. The first-order valence-corrected chi connectivity index (χ1v) is 7.82. The molecule has 0 spiro atoms. The van der Waals surface area contributed by atoms with Gasteiger partial charge in [0, 0.05) is 9.35 Å². The molecule has 0 radical (unpaired) electrons. The van der Waals surface area contributed by atoms with E-state index in [1.165, 1.54) is 22.1 Å². The van der Waals surface area contributed by atoms with Crippen molar-refractivity contribution < 1.29 is 0 Å². The van der Waals surface area contributed by atoms with Crippen LogP contribution in [0.5, 0.6) is 0 Å². The summed E-state index contributed by atoms with van der Waals surface area (Å²) in [5.74, 6) is 0. The van der Waals surface area contributed by atoms with Crippen molar-refractivity contribution in [3.8, 4) is 0 Å². The van der Waals surface area contributed by atoms with Crippen molar-refractivity contribution in [2.75, 3.05) is 0 Å². The van der Waals surface area contributed by atoms with Gasteiger partial charge in [-0.25, -0.2) is 0 Å². The van der Waals surface area contributed by atoms with Crippen LogP contribution in [0.15, 0.2) is 53.0 Å². The highest BCUT2D eigenvalue weighted by molar-refractivity contribution is 9.10. The lowest BCUT2D eigenvalue weighted by molar-refractivity contribution is 0.896. The van der Waals surface area contributed by atoms with Crippen molar-refractivity contribution in [2.24, 2.45) is 5.73 Å². The van der Waals surface area contributed by atoms with E-state index < -0.39 is 0 Å². The van der Waals surface area contributed by atoms with Gasteiger partial charge in [-0.3, -0.25) is 0 Å². The third-order valence-corrected chi connectivity index (χ3v) is 4.89. The minimum atomic E-state index is -0.120. The maximum absolute atomic E-state index is 6.29. The maximum Gasteiger partial charge on any atom is 0.0931 e. The zero-order valence-electron chi connectivity index (χ0n) is 9.94. The van der Waals surface area contributed by atoms with Crippen LogP contribution >= 0.6 is 38.9 Å². The van der Waals surface area contributed by atoms with Crippen LogP contribution < -0.4 is 5.73 Å². The lowest BCUT2D eigenvalue weighted by atomic mass is 10.0. The average Bonchev–Trinajstić information content (AvgIpc) is 2.84. The number of thiophene rings is 1. The van der Waals surface area contributed by atoms with Gasteiger partial charge in [-0.2, -0.15) is 0 Å². The average molecular weight is 353 g/mol. The van der Waals surface area contributed by atoms with Gasteiger partial charge in [-0.05, 0) is 46.7 Å². The van der Waals surface area contributed by atoms with Crippen molar-refractivity contribution in [3.05, 3.63) is 67.8 Å². The predicted octanol–water partition coefficient (Wildman–Crippen LogP) is 5.37. The van der Waals surface area contributed by atoms with Crippen molar-refractivity contribution in [2.45, 2.75) is 6.04 Å². The summed E-state index contributed by atoms with van der Waals surface area (Å²) in [7, 11) is 0. The van der Waals surface area contributed by atoms with E-state index in [1.54, 1.807) is 0 Å². The zero-order chi connectivity index (χ0) is 13.4. The molecule has 0 aliphatic heterocycles. The van der Waals surface area contributed by atoms with E-state index in [1.807, 2.05) is 18.2 Å². The van der Waals surface area contributed by atoms with Crippen molar-refractivity contribution >= 4 is 49.6 Å². The van der Waals surface area contributed by atoms with Gasteiger partial charge in [0.2, 0.25) is 0 Å². The Balaban J connectivity index is 2.03. The van der Waals surface area contributed by atoms with Gasteiger partial charge in [0.1, 0.15) is 0 Å². The molecule has 96 valence electrons. The minimum absolute atomic E-state index is 0.120. The van der Waals surface area contributed by atoms with Gasteiger partial charge in [0.05, 0.1) is 10.4 Å². The number of nitrogens with two attached hydrogens (primary N) is 1. The van der Waals surface area contributed by atoms with E-state index in [-0.39, 0.29) is 6.04 Å². The van der Waals surface area contributed by atoms with Crippen LogP contribution in [0.2, 0.25) is 4.34 Å². The van der Waals surface area contributed by atoms with Gasteiger partial charge in [0.25, 0.3) is 0 Å². The standard InChI is InChI=1S/C15H11BrClNS/c16-12-4-3-9-7-11(2-1-10(9)8-12)15(18)13-5-6-14(17)19-13/h1-8,15H,18H2. The molecule has 0 bridgehead atoms. The molecule has 0 saturated heterocycles. The molecule has 1 unspecified atom stereocenters. The summed E-state index contributed by atoms with van der Waals surface area (Å²) >= 11 is 11.0. The second kappa shape index (κ2) is 5.25. The Hall–Kier alpha value is -0.870. The van der Waals surface area contributed by atoms with Crippen LogP contribution in [-0.4, -0.2) is 0 Å². The zero-order valence-corrected chi connectivity index (χ0v) is 13.1. The molecule has 1 aromatic heterocycles. The molecule has 3 aromatic rings. The molecule has 1 nitrogen and oxygen atoms in total. The highest BCUT2D eigenvalue weighted by atomic mass is 79.9. The van der Waals surface area contributed by atoms with E-state index in [9.17, 15) is 0 Å². The first-order valence-electron chi connectivity index (χ1n) is 5.83. The van der Waals surface area contributed by atoms with Gasteiger partial charge >= 0.3 is 0 Å². The Bertz CT molecular complexity index is 738. The topological polar surface area (TPSA) is 26.0 Å². The van der Waals surface area contributed by atoms with Gasteiger partial charge in [-0.1, -0.05) is 45.7 Å². The van der Waals surface area contributed by atoms with Crippen LogP contribution in [0.25, 0.3) is 10.8 Å². The fourth-order valence-corrected chi connectivity index (χ4v) is 3.56. The largest absolute Gasteiger partial charge is 0.320 e. The SMILES string of the molecule is NC(c1ccc2cc(Br)ccc2c1)c1ccc(Cl)s1. The summed E-state index contributed by atoms with van der Waals surface area (Å²) in [5.41, 5.74) is 7.40. The molecule has 2 aromatic carbocycles. The van der Waals surface area contributed by atoms with Crippen LogP contribution in [-0.2, 0) is 0 Å². The normalized spacial score (nSPS) is 12.8. The Morgan fingerprint density at radius 3 is 2.47 bits per heavy atom. The van der Waals surface area contributed by atoms with Crippen molar-refractivity contribution in [1.82, 2.24) is 0 Å². The predicted molar refractivity (Wildman–Crippen MR) is 87.0 cm³/mol. The lowest BCUT2D eigenvalue weighted by Gasteiger charge is -2.11. The lowest BCUT2D eigenvalue weighted by Crippen LogP contribution is -2.09. The second-order valence-electron chi connectivity index (χ2n) is 4.37. The van der Waals surface area contributed by atoms with E-state index >= 15 is 0 Å². The molecular weight excluding hydrogens is 342 g/mol. The summed E-state index contributed by atoms with van der Waals surface area (Å²) < 4.78 is 1.86. The molecule has 3 rings (SSSR count). The number of benzene rings is 2. The maximum atomic E-state index is 6.29. The van der Waals surface area contributed by atoms with Gasteiger partial charge in [0.15, 0.2) is 0 Å². The fourth-order valence-electron chi connectivity index (χ4n) is 2.09. The van der Waals surface area contributed by atoms with Crippen LogP contribution in [0.1, 0.15) is 16.5 Å². The molecule has 0 saturated carbocycles. The number of fused-ring (bicyclic) bond motifs is 1. The molecule has 1 heterocycles. The van der Waals surface area contributed by atoms with Crippen LogP contribution in [0, 0.1) is 0 Å². The number of rotatable bonds is 2. The molecule has 19 heavy (non-hydrogen) atoms. The van der Waals surface area contributed by atoms with Crippen molar-refractivity contribution in [3.63, 3.8) is 0 Å². The van der Waals surface area contributed by atoms with Crippen molar-refractivity contribution in [1.29, 1.82) is 0 Å². The van der Waals surface area contributed by atoms with Crippen LogP contribution in [0.3, 0.4) is 0 Å². The molecule has 2 N–H and O–H groups in total. The Kier molecular flexibility index (Phi) is 3.63. The first-order chi connectivity index (χ1) is 9.13. The quantitative estimate of drug-likeness (QED) is 0.659. The number of halogens is 2. The number of hydrogen-bond acceptors (Lipinski definition) is 2. The second-order valence-corrected chi connectivity index (χ2v) is 7.03. The molecule has 1 atom stereocenters.